The standard InChI is InChI=1S/C51H33N3S/c1-4-16-34(17-5-1)45-31-30-40(49(53-45)36-20-8-3-9-21-36)50-52-33-46(35-18-6-2-7-19-35)54(50)37-28-29-39-38-22-10-11-23-41(38)51(44(39)32-37)42-24-12-14-26-47(42)55-48-27-15-13-25-43(48)51/h1-33H. The van der Waals surface area contributed by atoms with Gasteiger partial charge in [-0.05, 0) is 69.8 Å². The van der Waals surface area contributed by atoms with Crippen LogP contribution < -0.4 is 0 Å². The number of rotatable bonds is 5. The smallest absolute Gasteiger partial charge is 0.147 e. The molecule has 3 heterocycles. The molecule has 1 aliphatic heterocycles. The minimum absolute atomic E-state index is 0.484. The number of hydrogen-bond acceptors (Lipinski definition) is 3. The molecular weight excluding hydrogens is 687 g/mol. The Balaban J connectivity index is 1.20. The van der Waals surface area contributed by atoms with E-state index in [4.69, 9.17) is 9.97 Å². The monoisotopic (exact) mass is 719 g/mol. The van der Waals surface area contributed by atoms with Gasteiger partial charge in [-0.1, -0.05) is 169 Å². The van der Waals surface area contributed by atoms with Crippen LogP contribution in [0.4, 0.5) is 0 Å². The van der Waals surface area contributed by atoms with Crippen molar-refractivity contribution in [1.82, 2.24) is 14.5 Å². The fraction of sp³-hybridized carbons (Fsp3) is 0.0196. The van der Waals surface area contributed by atoms with Gasteiger partial charge in [0.25, 0.3) is 0 Å². The summed E-state index contributed by atoms with van der Waals surface area (Å²) in [6.45, 7) is 0. The summed E-state index contributed by atoms with van der Waals surface area (Å²) < 4.78 is 2.34. The van der Waals surface area contributed by atoms with Gasteiger partial charge in [0.2, 0.25) is 0 Å². The molecule has 11 rings (SSSR count). The third kappa shape index (κ3) is 4.85. The van der Waals surface area contributed by atoms with Gasteiger partial charge in [-0.25, -0.2) is 9.97 Å². The Morgan fingerprint density at radius 2 is 0.982 bits per heavy atom. The Bertz CT molecular complexity index is 2850. The van der Waals surface area contributed by atoms with Crippen LogP contribution >= 0.6 is 11.8 Å². The van der Waals surface area contributed by atoms with Gasteiger partial charge >= 0.3 is 0 Å². The van der Waals surface area contributed by atoms with E-state index in [0.717, 1.165) is 50.8 Å². The van der Waals surface area contributed by atoms with Crippen molar-refractivity contribution in [3.8, 4) is 62.0 Å². The second-order valence-corrected chi connectivity index (χ2v) is 15.2. The SMILES string of the molecule is c1ccc(-c2ccc(-c3ncc(-c4ccccc4)n3-c3ccc4c(c3)C3(c5ccccc5Sc5ccccc53)c3ccccc3-4)c(-c3ccccc3)n2)cc1. The fourth-order valence-electron chi connectivity index (χ4n) is 8.82. The molecule has 0 N–H and O–H groups in total. The van der Waals surface area contributed by atoms with Crippen molar-refractivity contribution >= 4 is 11.8 Å². The van der Waals surface area contributed by atoms with Gasteiger partial charge in [0.1, 0.15) is 5.82 Å². The van der Waals surface area contributed by atoms with E-state index in [2.05, 4.69) is 193 Å². The largest absolute Gasteiger partial charge is 0.292 e. The van der Waals surface area contributed by atoms with Gasteiger partial charge in [-0.3, -0.25) is 4.57 Å². The number of fused-ring (bicyclic) bond motifs is 9. The highest BCUT2D eigenvalue weighted by Gasteiger charge is 2.50. The summed E-state index contributed by atoms with van der Waals surface area (Å²) in [6.07, 6.45) is 2.02. The number of nitrogens with zero attached hydrogens (tertiary/aromatic N) is 3. The van der Waals surface area contributed by atoms with E-state index in [0.29, 0.717) is 0 Å². The van der Waals surface area contributed by atoms with E-state index in [9.17, 15) is 0 Å². The first-order valence-corrected chi connectivity index (χ1v) is 19.5. The highest BCUT2D eigenvalue weighted by atomic mass is 32.2. The van der Waals surface area contributed by atoms with E-state index >= 15 is 0 Å². The van der Waals surface area contributed by atoms with Crippen molar-refractivity contribution in [2.24, 2.45) is 0 Å². The molecule has 0 radical (unpaired) electrons. The zero-order valence-corrected chi connectivity index (χ0v) is 30.6. The lowest BCUT2D eigenvalue weighted by Crippen LogP contribution is -2.32. The van der Waals surface area contributed by atoms with Gasteiger partial charge in [0.15, 0.2) is 0 Å². The van der Waals surface area contributed by atoms with Crippen molar-refractivity contribution in [1.29, 1.82) is 0 Å². The number of benzene rings is 7. The Labute approximate surface area is 324 Å². The van der Waals surface area contributed by atoms with Crippen molar-refractivity contribution in [2.75, 3.05) is 0 Å². The summed E-state index contributed by atoms with van der Waals surface area (Å²) in [5.74, 6) is 0.842. The minimum Gasteiger partial charge on any atom is -0.292 e. The Morgan fingerprint density at radius 1 is 0.436 bits per heavy atom. The zero-order chi connectivity index (χ0) is 36.3. The molecule has 0 fully saturated rings. The van der Waals surface area contributed by atoms with Crippen LogP contribution in [0.15, 0.2) is 210 Å². The van der Waals surface area contributed by atoms with Gasteiger partial charge in [-0.15, -0.1) is 0 Å². The predicted molar refractivity (Wildman–Crippen MR) is 225 cm³/mol. The van der Waals surface area contributed by atoms with Gasteiger partial charge in [0, 0.05) is 37.7 Å². The maximum atomic E-state index is 5.35. The Kier molecular flexibility index (Phi) is 7.32. The topological polar surface area (TPSA) is 30.7 Å². The molecule has 1 spiro atoms. The highest BCUT2D eigenvalue weighted by Crippen LogP contribution is 2.62. The molecule has 2 aliphatic rings. The molecule has 258 valence electrons. The molecule has 2 aromatic heterocycles. The van der Waals surface area contributed by atoms with Crippen molar-refractivity contribution in [3.05, 3.63) is 223 Å². The molecule has 4 heteroatoms. The van der Waals surface area contributed by atoms with E-state index in [1.165, 1.54) is 43.2 Å². The van der Waals surface area contributed by atoms with Gasteiger partial charge in [0.05, 0.1) is 28.7 Å². The normalized spacial score (nSPS) is 13.2. The predicted octanol–water partition coefficient (Wildman–Crippen LogP) is 12.8. The number of aromatic nitrogens is 3. The van der Waals surface area contributed by atoms with E-state index in [-0.39, 0.29) is 0 Å². The first kappa shape index (κ1) is 31.7. The summed E-state index contributed by atoms with van der Waals surface area (Å²) in [5, 5.41) is 0. The molecular formula is C51H33N3S. The average molecular weight is 720 g/mol. The summed E-state index contributed by atoms with van der Waals surface area (Å²) in [5.41, 5.74) is 15.4. The van der Waals surface area contributed by atoms with Gasteiger partial charge < -0.3 is 0 Å². The van der Waals surface area contributed by atoms with Crippen LogP contribution in [0.1, 0.15) is 22.3 Å². The second kappa shape index (κ2) is 12.7. The van der Waals surface area contributed by atoms with Crippen molar-refractivity contribution in [2.45, 2.75) is 15.2 Å². The second-order valence-electron chi connectivity index (χ2n) is 14.1. The maximum Gasteiger partial charge on any atom is 0.147 e. The zero-order valence-electron chi connectivity index (χ0n) is 29.8. The maximum absolute atomic E-state index is 5.35. The highest BCUT2D eigenvalue weighted by molar-refractivity contribution is 7.99. The van der Waals surface area contributed by atoms with E-state index in [1.807, 2.05) is 24.0 Å². The molecule has 0 saturated heterocycles. The van der Waals surface area contributed by atoms with Crippen LogP contribution in [-0.4, -0.2) is 14.5 Å². The molecule has 9 aromatic rings. The quantitative estimate of drug-likeness (QED) is 0.177. The molecule has 55 heavy (non-hydrogen) atoms. The lowest BCUT2D eigenvalue weighted by molar-refractivity contribution is 0.721. The van der Waals surface area contributed by atoms with Crippen LogP contribution in [0.5, 0.6) is 0 Å². The van der Waals surface area contributed by atoms with Crippen molar-refractivity contribution in [3.63, 3.8) is 0 Å². The fourth-order valence-corrected chi connectivity index (χ4v) is 10.0. The lowest BCUT2D eigenvalue weighted by atomic mass is 9.67. The number of imidazole rings is 1. The number of pyridine rings is 1. The Hall–Kier alpha value is -6.75. The van der Waals surface area contributed by atoms with Crippen LogP contribution in [-0.2, 0) is 5.41 Å². The van der Waals surface area contributed by atoms with Crippen LogP contribution in [0, 0.1) is 0 Å². The summed E-state index contributed by atoms with van der Waals surface area (Å²) in [4.78, 5) is 13.2. The minimum atomic E-state index is -0.484. The number of hydrogen-bond donors (Lipinski definition) is 0. The summed E-state index contributed by atoms with van der Waals surface area (Å²) in [7, 11) is 0. The third-order valence-electron chi connectivity index (χ3n) is 11.2. The van der Waals surface area contributed by atoms with Crippen molar-refractivity contribution < 1.29 is 0 Å². The van der Waals surface area contributed by atoms with Crippen LogP contribution in [0.2, 0.25) is 0 Å². The summed E-state index contributed by atoms with van der Waals surface area (Å²) in [6, 6.07) is 69.8. The molecule has 0 unspecified atom stereocenters. The molecule has 0 bridgehead atoms. The molecule has 3 nitrogen and oxygen atoms in total. The van der Waals surface area contributed by atoms with E-state index < -0.39 is 5.41 Å². The third-order valence-corrected chi connectivity index (χ3v) is 12.3. The first-order chi connectivity index (χ1) is 27.3. The lowest BCUT2D eigenvalue weighted by Gasteiger charge is -2.39. The molecule has 0 amide bonds. The van der Waals surface area contributed by atoms with Crippen LogP contribution in [0.25, 0.3) is 62.0 Å². The molecule has 0 atom stereocenters. The van der Waals surface area contributed by atoms with E-state index in [1.54, 1.807) is 0 Å². The Morgan fingerprint density at radius 3 is 1.67 bits per heavy atom. The average Bonchev–Trinajstić information content (AvgIpc) is 3.83. The molecule has 1 aliphatic carbocycles. The van der Waals surface area contributed by atoms with Crippen LogP contribution in [0.3, 0.4) is 0 Å². The molecule has 0 saturated carbocycles. The summed E-state index contributed by atoms with van der Waals surface area (Å²) >= 11 is 1.87. The first-order valence-electron chi connectivity index (χ1n) is 18.7. The van der Waals surface area contributed by atoms with Gasteiger partial charge in [-0.2, -0.15) is 0 Å². The molecule has 7 aromatic carbocycles.